The average Bonchev–Trinajstić information content (AvgIpc) is 2.43. The highest BCUT2D eigenvalue weighted by atomic mass is 16.3. The van der Waals surface area contributed by atoms with E-state index in [-0.39, 0.29) is 18.2 Å². The third-order valence-corrected chi connectivity index (χ3v) is 4.01. The van der Waals surface area contributed by atoms with Gasteiger partial charge < -0.3 is 25.1 Å². The zero-order valence-electron chi connectivity index (χ0n) is 14.0. The molecule has 6 heteroatoms. The summed E-state index contributed by atoms with van der Waals surface area (Å²) >= 11 is 0. The van der Waals surface area contributed by atoms with Gasteiger partial charge in [0.1, 0.15) is 0 Å². The largest absolute Gasteiger partial charge is 0.393 e. The molecule has 1 heterocycles. The molecular formula is C15H32N4O2. The summed E-state index contributed by atoms with van der Waals surface area (Å²) < 4.78 is 0. The lowest BCUT2D eigenvalue weighted by Crippen LogP contribution is -2.49. The summed E-state index contributed by atoms with van der Waals surface area (Å²) in [4.78, 5) is 18.3. The van der Waals surface area contributed by atoms with E-state index in [4.69, 9.17) is 0 Å². The minimum Gasteiger partial charge on any atom is -0.393 e. The Morgan fingerprint density at radius 2 is 1.90 bits per heavy atom. The van der Waals surface area contributed by atoms with Crippen LogP contribution in [0.4, 0.5) is 4.79 Å². The van der Waals surface area contributed by atoms with Crippen LogP contribution in [0, 0.1) is 0 Å². The van der Waals surface area contributed by atoms with E-state index in [1.54, 1.807) is 18.9 Å². The zero-order chi connectivity index (χ0) is 15.8. The lowest BCUT2D eigenvalue weighted by Gasteiger charge is -2.33. The summed E-state index contributed by atoms with van der Waals surface area (Å²) in [6.45, 7) is 6.62. The van der Waals surface area contributed by atoms with Gasteiger partial charge in [0, 0.05) is 45.8 Å². The molecule has 1 atom stereocenters. The minimum atomic E-state index is -0.361. The number of piperidine rings is 1. The van der Waals surface area contributed by atoms with Gasteiger partial charge in [0.15, 0.2) is 0 Å². The molecule has 0 aliphatic carbocycles. The fourth-order valence-corrected chi connectivity index (χ4v) is 2.41. The lowest BCUT2D eigenvalue weighted by atomic mass is 10.1. The third-order valence-electron chi connectivity index (χ3n) is 4.01. The van der Waals surface area contributed by atoms with Crippen molar-refractivity contribution in [2.45, 2.75) is 38.3 Å². The van der Waals surface area contributed by atoms with Gasteiger partial charge in [-0.1, -0.05) is 0 Å². The zero-order valence-corrected chi connectivity index (χ0v) is 14.0. The number of amides is 2. The summed E-state index contributed by atoms with van der Waals surface area (Å²) in [5.41, 5.74) is 0. The van der Waals surface area contributed by atoms with Crippen LogP contribution >= 0.6 is 0 Å². The molecule has 1 fully saturated rings. The molecule has 0 bridgehead atoms. The van der Waals surface area contributed by atoms with Gasteiger partial charge in [0.25, 0.3) is 0 Å². The number of urea groups is 1. The number of nitrogens with one attached hydrogen (secondary N) is 1. The third kappa shape index (κ3) is 7.64. The van der Waals surface area contributed by atoms with Crippen LogP contribution in [0.1, 0.15) is 26.2 Å². The summed E-state index contributed by atoms with van der Waals surface area (Å²) in [5, 5.41) is 12.4. The van der Waals surface area contributed by atoms with Crippen LogP contribution in [0.3, 0.4) is 0 Å². The van der Waals surface area contributed by atoms with Gasteiger partial charge in [-0.15, -0.1) is 0 Å². The van der Waals surface area contributed by atoms with Crippen LogP contribution in [-0.2, 0) is 0 Å². The van der Waals surface area contributed by atoms with E-state index in [0.29, 0.717) is 13.0 Å². The number of hydrogen-bond donors (Lipinski definition) is 2. The Morgan fingerprint density at radius 1 is 1.29 bits per heavy atom. The van der Waals surface area contributed by atoms with E-state index in [1.807, 2.05) is 0 Å². The Balaban J connectivity index is 2.21. The average molecular weight is 300 g/mol. The Kier molecular flexibility index (Phi) is 8.00. The molecule has 0 aromatic rings. The summed E-state index contributed by atoms with van der Waals surface area (Å²) in [7, 11) is 5.97. The quantitative estimate of drug-likeness (QED) is 0.716. The molecule has 1 aliphatic heterocycles. The van der Waals surface area contributed by atoms with Gasteiger partial charge in [-0.25, -0.2) is 4.79 Å². The predicted molar refractivity (Wildman–Crippen MR) is 85.5 cm³/mol. The molecule has 21 heavy (non-hydrogen) atoms. The number of carbonyl (C=O) groups is 1. The van der Waals surface area contributed by atoms with Crippen LogP contribution in [0.25, 0.3) is 0 Å². The number of nitrogens with zero attached hydrogens (tertiary/aromatic N) is 3. The Labute approximate surface area is 129 Å². The fourth-order valence-electron chi connectivity index (χ4n) is 2.41. The highest BCUT2D eigenvalue weighted by molar-refractivity contribution is 5.74. The van der Waals surface area contributed by atoms with E-state index < -0.39 is 0 Å². The maximum absolute atomic E-state index is 12.0. The van der Waals surface area contributed by atoms with Crippen LogP contribution in [0.2, 0.25) is 0 Å². The summed E-state index contributed by atoms with van der Waals surface area (Å²) in [6.07, 6.45) is 2.29. The molecular weight excluding hydrogens is 268 g/mol. The molecule has 1 saturated heterocycles. The minimum absolute atomic E-state index is 0.0256. The summed E-state index contributed by atoms with van der Waals surface area (Å²) in [6, 6.07) is 0.254. The molecule has 0 aromatic heterocycles. The van der Waals surface area contributed by atoms with Crippen LogP contribution in [-0.4, -0.2) is 91.8 Å². The smallest absolute Gasteiger partial charge is 0.317 e. The number of likely N-dealkylation sites (tertiary alicyclic amines) is 1. The Morgan fingerprint density at radius 3 is 2.43 bits per heavy atom. The fraction of sp³-hybridized carbons (Fsp3) is 0.933. The molecule has 2 N–H and O–H groups in total. The number of aliphatic hydroxyl groups excluding tert-OH is 1. The second-order valence-electron chi connectivity index (χ2n) is 6.43. The highest BCUT2D eigenvalue weighted by Crippen LogP contribution is 2.10. The first-order valence-corrected chi connectivity index (χ1v) is 7.95. The topological polar surface area (TPSA) is 59.1 Å². The Bertz CT molecular complexity index is 302. The Hall–Kier alpha value is -0.850. The highest BCUT2D eigenvalue weighted by Gasteiger charge is 2.21. The van der Waals surface area contributed by atoms with Gasteiger partial charge in [-0.2, -0.15) is 0 Å². The first-order valence-electron chi connectivity index (χ1n) is 7.95. The lowest BCUT2D eigenvalue weighted by molar-refractivity contribution is 0.155. The van der Waals surface area contributed by atoms with Crippen molar-refractivity contribution < 1.29 is 9.90 Å². The molecule has 0 spiro atoms. The predicted octanol–water partition coefficient (Wildman–Crippen LogP) is 0.425. The van der Waals surface area contributed by atoms with Crippen LogP contribution in [0.15, 0.2) is 0 Å². The molecule has 0 radical (unpaired) electrons. The molecule has 2 amide bonds. The number of carbonyl (C=O) groups excluding carboxylic acids is 1. The van der Waals surface area contributed by atoms with E-state index in [1.165, 1.54) is 0 Å². The molecule has 1 rings (SSSR count). The van der Waals surface area contributed by atoms with Crippen LogP contribution in [0.5, 0.6) is 0 Å². The summed E-state index contributed by atoms with van der Waals surface area (Å²) in [5.74, 6) is 0. The van der Waals surface area contributed by atoms with Gasteiger partial charge in [0.05, 0.1) is 6.10 Å². The van der Waals surface area contributed by atoms with Crippen molar-refractivity contribution in [2.75, 3.05) is 53.9 Å². The van der Waals surface area contributed by atoms with Crippen molar-refractivity contribution in [3.05, 3.63) is 0 Å². The molecule has 1 unspecified atom stereocenters. The molecule has 1 aliphatic rings. The van der Waals surface area contributed by atoms with Crippen LogP contribution < -0.4 is 5.32 Å². The van der Waals surface area contributed by atoms with Crippen molar-refractivity contribution >= 4 is 6.03 Å². The number of likely N-dealkylation sites (N-methyl/N-ethyl adjacent to an activating group) is 1. The molecule has 0 saturated carbocycles. The van der Waals surface area contributed by atoms with E-state index in [2.05, 4.69) is 29.2 Å². The van der Waals surface area contributed by atoms with Gasteiger partial charge in [-0.05, 0) is 40.3 Å². The first kappa shape index (κ1) is 18.2. The molecule has 124 valence electrons. The van der Waals surface area contributed by atoms with Crippen molar-refractivity contribution in [1.29, 1.82) is 0 Å². The van der Waals surface area contributed by atoms with Gasteiger partial charge in [-0.3, -0.25) is 0 Å². The maximum Gasteiger partial charge on any atom is 0.317 e. The second-order valence-corrected chi connectivity index (χ2v) is 6.43. The number of hydrogen-bond acceptors (Lipinski definition) is 4. The standard InChI is InChI=1S/C15H32N4O2/c1-13(20)5-8-18(4)15(21)16-14-6-9-19(10-7-14)12-11-17(2)3/h13-14,20H,5-12H2,1-4H3,(H,16,21). The number of rotatable bonds is 7. The first-order chi connectivity index (χ1) is 9.88. The van der Waals surface area contributed by atoms with Gasteiger partial charge in [0.2, 0.25) is 0 Å². The second kappa shape index (κ2) is 9.23. The molecule has 0 aromatic carbocycles. The molecule has 6 nitrogen and oxygen atoms in total. The SMILES string of the molecule is CC(O)CCN(C)C(=O)NC1CCN(CCN(C)C)CC1. The van der Waals surface area contributed by atoms with E-state index in [0.717, 1.165) is 39.0 Å². The monoisotopic (exact) mass is 300 g/mol. The van der Waals surface area contributed by atoms with Crippen molar-refractivity contribution in [2.24, 2.45) is 0 Å². The van der Waals surface area contributed by atoms with E-state index in [9.17, 15) is 9.90 Å². The van der Waals surface area contributed by atoms with Gasteiger partial charge >= 0.3 is 6.03 Å². The van der Waals surface area contributed by atoms with E-state index >= 15 is 0 Å². The van der Waals surface area contributed by atoms with Crippen molar-refractivity contribution in [3.63, 3.8) is 0 Å². The normalized spacial score (nSPS) is 18.8. The number of aliphatic hydroxyl groups is 1. The van der Waals surface area contributed by atoms with Crippen molar-refractivity contribution in [1.82, 2.24) is 20.0 Å². The van der Waals surface area contributed by atoms with Crippen molar-refractivity contribution in [3.8, 4) is 0 Å². The maximum atomic E-state index is 12.0.